The number of carbonyl (C=O) groups excluding carboxylic acids is 1. The summed E-state index contributed by atoms with van der Waals surface area (Å²) in [6.45, 7) is 2.16. The maximum absolute atomic E-state index is 13.2. The fourth-order valence-electron chi connectivity index (χ4n) is 3.30. The van der Waals surface area contributed by atoms with E-state index in [0.717, 1.165) is 42.5 Å². The van der Waals surface area contributed by atoms with Crippen molar-refractivity contribution in [1.29, 1.82) is 0 Å². The van der Waals surface area contributed by atoms with Crippen molar-refractivity contribution in [3.8, 4) is 5.75 Å². The van der Waals surface area contributed by atoms with Gasteiger partial charge in [0.05, 0.1) is 5.56 Å². The average Bonchev–Trinajstić information content (AvgIpc) is 2.82. The van der Waals surface area contributed by atoms with Crippen LogP contribution in [0, 0.1) is 0 Å². The van der Waals surface area contributed by atoms with Crippen molar-refractivity contribution in [2.45, 2.75) is 44.7 Å². The van der Waals surface area contributed by atoms with Gasteiger partial charge in [-0.25, -0.2) is 4.79 Å². The first-order valence-electron chi connectivity index (χ1n) is 11.2. The van der Waals surface area contributed by atoms with Crippen molar-refractivity contribution in [1.82, 2.24) is 0 Å². The summed E-state index contributed by atoms with van der Waals surface area (Å²) in [5, 5.41) is 0. The Morgan fingerprint density at radius 3 is 1.80 bits per heavy atom. The van der Waals surface area contributed by atoms with Crippen molar-refractivity contribution in [3.05, 3.63) is 101 Å². The number of rotatable bonds is 9. The second-order valence-electron chi connectivity index (χ2n) is 8.21. The molecule has 0 aliphatic heterocycles. The Kier molecular flexibility index (Phi) is 8.43. The van der Waals surface area contributed by atoms with E-state index in [-0.39, 0.29) is 16.9 Å². The Labute approximate surface area is 201 Å². The SMILES string of the molecule is CCCCc1ccc(C=Cc2ccc(C(=O)Oc3ccc(CC(F)(F)C(F)(F)F)cc3)cc2)cc1. The predicted octanol–water partition coefficient (Wildman–Crippen LogP) is 8.16. The second-order valence-corrected chi connectivity index (χ2v) is 8.21. The lowest BCUT2D eigenvalue weighted by Gasteiger charge is -2.19. The van der Waals surface area contributed by atoms with E-state index in [4.69, 9.17) is 4.74 Å². The van der Waals surface area contributed by atoms with Crippen molar-refractivity contribution in [3.63, 3.8) is 0 Å². The lowest BCUT2D eigenvalue weighted by molar-refractivity contribution is -0.281. The molecule has 0 saturated heterocycles. The van der Waals surface area contributed by atoms with Crippen LogP contribution in [0.15, 0.2) is 72.8 Å². The van der Waals surface area contributed by atoms with E-state index in [9.17, 15) is 26.7 Å². The first-order chi connectivity index (χ1) is 16.6. The van der Waals surface area contributed by atoms with E-state index in [1.807, 2.05) is 12.2 Å². The van der Waals surface area contributed by atoms with Crippen molar-refractivity contribution in [2.24, 2.45) is 0 Å². The second kappa shape index (κ2) is 11.3. The summed E-state index contributed by atoms with van der Waals surface area (Å²) in [6, 6.07) is 19.6. The van der Waals surface area contributed by atoms with Crippen LogP contribution in [0.3, 0.4) is 0 Å². The topological polar surface area (TPSA) is 26.3 Å². The van der Waals surface area contributed by atoms with Crippen LogP contribution >= 0.6 is 0 Å². The number of unbranched alkanes of at least 4 members (excludes halogenated alkanes) is 1. The molecule has 0 aliphatic carbocycles. The van der Waals surface area contributed by atoms with Gasteiger partial charge in [0.1, 0.15) is 5.75 Å². The molecule has 0 amide bonds. The highest BCUT2D eigenvalue weighted by Crippen LogP contribution is 2.38. The normalized spacial score (nSPS) is 12.2. The van der Waals surface area contributed by atoms with E-state index >= 15 is 0 Å². The lowest BCUT2D eigenvalue weighted by atomic mass is 10.1. The summed E-state index contributed by atoms with van der Waals surface area (Å²) in [5.41, 5.74) is 3.30. The third kappa shape index (κ3) is 7.50. The Balaban J connectivity index is 1.56. The van der Waals surface area contributed by atoms with E-state index in [1.165, 1.54) is 17.7 Å². The van der Waals surface area contributed by atoms with Crippen LogP contribution < -0.4 is 4.74 Å². The van der Waals surface area contributed by atoms with Crippen molar-refractivity contribution >= 4 is 18.1 Å². The minimum atomic E-state index is -5.63. The highest BCUT2D eigenvalue weighted by molar-refractivity contribution is 5.91. The Morgan fingerprint density at radius 2 is 1.29 bits per heavy atom. The smallest absolute Gasteiger partial charge is 0.423 e. The van der Waals surface area contributed by atoms with Gasteiger partial charge in [-0.3, -0.25) is 0 Å². The van der Waals surface area contributed by atoms with Gasteiger partial charge in [0, 0.05) is 6.42 Å². The van der Waals surface area contributed by atoms with Crippen LogP contribution in [0.4, 0.5) is 22.0 Å². The van der Waals surface area contributed by atoms with Crippen molar-refractivity contribution in [2.75, 3.05) is 0 Å². The van der Waals surface area contributed by atoms with Gasteiger partial charge in [0.15, 0.2) is 0 Å². The molecule has 0 heterocycles. The molecule has 0 aliphatic rings. The Hall–Kier alpha value is -3.48. The molecule has 35 heavy (non-hydrogen) atoms. The molecule has 0 fully saturated rings. The van der Waals surface area contributed by atoms with Crippen LogP contribution in [0.2, 0.25) is 0 Å². The average molecular weight is 488 g/mol. The van der Waals surface area contributed by atoms with Gasteiger partial charge in [0.25, 0.3) is 0 Å². The van der Waals surface area contributed by atoms with Crippen LogP contribution in [0.1, 0.15) is 52.4 Å². The number of alkyl halides is 5. The quantitative estimate of drug-likeness (QED) is 0.131. The molecule has 0 aromatic heterocycles. The van der Waals surface area contributed by atoms with Gasteiger partial charge in [-0.05, 0) is 59.4 Å². The van der Waals surface area contributed by atoms with E-state index in [0.29, 0.717) is 0 Å². The molecular weight excluding hydrogens is 463 g/mol. The molecule has 0 bridgehead atoms. The highest BCUT2D eigenvalue weighted by atomic mass is 19.4. The summed E-state index contributed by atoms with van der Waals surface area (Å²) in [4.78, 5) is 12.3. The number of ether oxygens (including phenoxy) is 1. The Morgan fingerprint density at radius 1 is 0.771 bits per heavy atom. The van der Waals surface area contributed by atoms with Crippen LogP contribution in [-0.4, -0.2) is 18.1 Å². The van der Waals surface area contributed by atoms with Gasteiger partial charge in [-0.1, -0.05) is 74.0 Å². The fourth-order valence-corrected chi connectivity index (χ4v) is 3.30. The molecule has 0 N–H and O–H groups in total. The third-order valence-corrected chi connectivity index (χ3v) is 5.39. The molecule has 2 nitrogen and oxygen atoms in total. The third-order valence-electron chi connectivity index (χ3n) is 5.39. The van der Waals surface area contributed by atoms with E-state index in [1.54, 1.807) is 24.3 Å². The molecule has 0 saturated carbocycles. The number of hydrogen-bond acceptors (Lipinski definition) is 2. The van der Waals surface area contributed by atoms with Gasteiger partial charge >= 0.3 is 18.1 Å². The molecule has 3 aromatic rings. The molecule has 3 aromatic carbocycles. The molecule has 3 rings (SSSR count). The maximum atomic E-state index is 13.2. The largest absolute Gasteiger partial charge is 0.453 e. The number of hydrogen-bond donors (Lipinski definition) is 0. The van der Waals surface area contributed by atoms with E-state index in [2.05, 4.69) is 31.2 Å². The molecular formula is C28H25F5O2. The highest BCUT2D eigenvalue weighted by Gasteiger charge is 2.57. The summed E-state index contributed by atoms with van der Waals surface area (Å²) in [7, 11) is 0. The fraction of sp³-hybridized carbons (Fsp3) is 0.250. The zero-order chi connectivity index (χ0) is 25.5. The number of benzene rings is 3. The molecule has 0 radical (unpaired) electrons. The molecule has 0 spiro atoms. The number of aryl methyl sites for hydroxylation is 1. The zero-order valence-corrected chi connectivity index (χ0v) is 19.1. The molecule has 0 unspecified atom stereocenters. The maximum Gasteiger partial charge on any atom is 0.453 e. The number of esters is 1. The first kappa shape index (κ1) is 26.1. The summed E-state index contributed by atoms with van der Waals surface area (Å²) >= 11 is 0. The summed E-state index contributed by atoms with van der Waals surface area (Å²) in [5.74, 6) is -5.46. The first-order valence-corrected chi connectivity index (χ1v) is 11.2. The van der Waals surface area contributed by atoms with Crippen LogP contribution in [-0.2, 0) is 12.8 Å². The minimum absolute atomic E-state index is 0.0421. The number of halogens is 5. The van der Waals surface area contributed by atoms with Gasteiger partial charge in [-0.15, -0.1) is 0 Å². The minimum Gasteiger partial charge on any atom is -0.423 e. The summed E-state index contributed by atoms with van der Waals surface area (Å²) < 4.78 is 68.6. The number of carbonyl (C=O) groups is 1. The van der Waals surface area contributed by atoms with Crippen molar-refractivity contribution < 1.29 is 31.5 Å². The van der Waals surface area contributed by atoms with Gasteiger partial charge in [0.2, 0.25) is 0 Å². The molecule has 184 valence electrons. The molecule has 7 heteroatoms. The standard InChI is InChI=1S/C28H25F5O2/c1-2-3-4-20-5-7-21(8-6-20)9-10-22-11-15-24(16-12-22)26(34)35-25-17-13-23(14-18-25)19-27(29,30)28(31,32)33/h5-18H,2-4,19H2,1H3. The summed E-state index contributed by atoms with van der Waals surface area (Å²) in [6.07, 6.45) is 0.171. The van der Waals surface area contributed by atoms with Crippen LogP contribution in [0.25, 0.3) is 12.2 Å². The Bertz CT molecular complexity index is 1130. The predicted molar refractivity (Wildman–Crippen MR) is 127 cm³/mol. The van der Waals surface area contributed by atoms with Crippen LogP contribution in [0.5, 0.6) is 5.75 Å². The molecule has 0 atom stereocenters. The zero-order valence-electron chi connectivity index (χ0n) is 19.1. The van der Waals surface area contributed by atoms with Gasteiger partial charge in [-0.2, -0.15) is 22.0 Å². The van der Waals surface area contributed by atoms with E-state index < -0.39 is 24.5 Å². The van der Waals surface area contributed by atoms with Gasteiger partial charge < -0.3 is 4.74 Å². The monoisotopic (exact) mass is 488 g/mol. The lowest BCUT2D eigenvalue weighted by Crippen LogP contribution is -2.38.